The SMILES string of the molecule is C.COCOC(=O)OCC(C)O.COCOC(=O)OCC(C)O.COCOC(=O)OCC(C)O.COCOC(=O)OCC(C)O.COCOC(=O)OCC(C)O.COCOC(=O)OCC(C)O.COCOC(=O)OCC(C)O.COCOC(=O)OCC(C)O.COCOC(=O)OCC(C)O. The van der Waals surface area contributed by atoms with Gasteiger partial charge in [-0.1, -0.05) is 7.43 Å². The summed E-state index contributed by atoms with van der Waals surface area (Å²) in [5, 5.41) is 78.0. The largest absolute Gasteiger partial charge is 0.510 e. The predicted molar refractivity (Wildman–Crippen MR) is 331 cm³/mol. The monoisotopic (exact) mass is 1490 g/mol. The number of carbonyl (C=O) groups is 9. The number of hydrogen-bond donors (Lipinski definition) is 9. The summed E-state index contributed by atoms with van der Waals surface area (Å²) < 4.78 is 119. The number of ether oxygens (including phenoxy) is 27. The fourth-order valence-electron chi connectivity index (χ4n) is 3.04. The maximum atomic E-state index is 10.5. The van der Waals surface area contributed by atoms with Crippen LogP contribution in [0.2, 0.25) is 0 Å². The highest BCUT2D eigenvalue weighted by molar-refractivity contribution is 5.62. The quantitative estimate of drug-likeness (QED) is 0.0245. The molecule has 0 saturated heterocycles. The van der Waals surface area contributed by atoms with Gasteiger partial charge in [-0.05, 0) is 62.3 Å². The van der Waals surface area contributed by atoms with E-state index in [1.54, 1.807) is 0 Å². The molecular weight excluding hydrogens is 1380 g/mol. The minimum atomic E-state index is -0.840. The summed E-state index contributed by atoms with van der Waals surface area (Å²) in [6, 6.07) is 0. The molecule has 0 spiro atoms. The molecule has 0 fully saturated rings. The fourth-order valence-corrected chi connectivity index (χ4v) is 3.04. The Bertz CT molecular complexity index is 1400. The minimum Gasteiger partial charge on any atom is -0.431 e. The molecule has 0 saturated carbocycles. The van der Waals surface area contributed by atoms with E-state index in [9.17, 15) is 43.2 Å². The van der Waals surface area contributed by atoms with E-state index in [1.807, 2.05) is 0 Å². The molecule has 0 aromatic heterocycles. The van der Waals surface area contributed by atoms with Gasteiger partial charge >= 0.3 is 55.4 Å². The van der Waals surface area contributed by atoms with Crippen LogP contribution in [0.1, 0.15) is 69.7 Å². The second-order valence-electron chi connectivity index (χ2n) is 17.6. The summed E-state index contributed by atoms with van der Waals surface area (Å²) in [7, 11) is 12.5. The Kier molecular flexibility index (Phi) is 102. The topological polar surface area (TPSA) is 585 Å². The molecule has 602 valence electrons. The summed E-state index contributed by atoms with van der Waals surface area (Å²) in [6.45, 7) is 11.7. The molecule has 0 amide bonds. The van der Waals surface area contributed by atoms with Crippen LogP contribution in [0.15, 0.2) is 0 Å². The third kappa shape index (κ3) is 134. The molecule has 100 heavy (non-hydrogen) atoms. The molecule has 0 aliphatic rings. The van der Waals surface area contributed by atoms with Gasteiger partial charge in [-0.25, -0.2) is 43.2 Å². The number of aliphatic hydroxyl groups is 9. The first-order valence-electron chi connectivity index (χ1n) is 28.2. The van der Waals surface area contributed by atoms with Gasteiger partial charge in [-0.2, -0.15) is 0 Å². The standard InChI is InChI=1S/9C6H12O5.CH4/c9*1-5(7)3-10-6(8)11-4-9-2;/h9*5,7H,3-4H2,1-2H3;1H4. The van der Waals surface area contributed by atoms with E-state index in [0.29, 0.717) is 0 Å². The van der Waals surface area contributed by atoms with E-state index in [0.717, 1.165) is 0 Å². The highest BCUT2D eigenvalue weighted by atomic mass is 16.8. The third-order valence-corrected chi connectivity index (χ3v) is 6.63. The van der Waals surface area contributed by atoms with Crippen LogP contribution < -0.4 is 0 Å². The molecule has 0 radical (unpaired) electrons. The van der Waals surface area contributed by atoms with Crippen LogP contribution in [0.4, 0.5) is 43.2 Å². The van der Waals surface area contributed by atoms with Gasteiger partial charge in [0.15, 0.2) is 61.1 Å². The Morgan fingerprint density at radius 3 is 0.300 bits per heavy atom. The van der Waals surface area contributed by atoms with E-state index >= 15 is 0 Å². The van der Waals surface area contributed by atoms with E-state index in [4.69, 9.17) is 46.0 Å². The molecule has 0 rings (SSSR count). The van der Waals surface area contributed by atoms with E-state index in [2.05, 4.69) is 128 Å². The second-order valence-corrected chi connectivity index (χ2v) is 17.6. The Labute approximate surface area is 580 Å². The molecular formula is C55H112O45. The Morgan fingerprint density at radius 1 is 0.180 bits per heavy atom. The molecule has 45 nitrogen and oxygen atoms in total. The second kappa shape index (κ2) is 89.7. The summed E-state index contributed by atoms with van der Waals surface area (Å²) >= 11 is 0. The number of methoxy groups -OCH3 is 9. The smallest absolute Gasteiger partial charge is 0.431 e. The molecule has 0 aliphatic carbocycles. The maximum absolute atomic E-state index is 10.5. The molecule has 0 bridgehead atoms. The number of hydrogen-bond acceptors (Lipinski definition) is 45. The lowest BCUT2D eigenvalue weighted by molar-refractivity contribution is -0.0364. The van der Waals surface area contributed by atoms with Gasteiger partial charge in [0.2, 0.25) is 0 Å². The minimum absolute atomic E-state index is 0. The van der Waals surface area contributed by atoms with Crippen LogP contribution in [0.3, 0.4) is 0 Å². The molecule has 0 heterocycles. The van der Waals surface area contributed by atoms with E-state index in [1.165, 1.54) is 126 Å². The first kappa shape index (κ1) is 114. The molecule has 0 aromatic carbocycles. The van der Waals surface area contributed by atoms with Gasteiger partial charge in [0.25, 0.3) is 0 Å². The van der Waals surface area contributed by atoms with Crippen molar-refractivity contribution in [2.45, 2.75) is 125 Å². The summed E-state index contributed by atoms with van der Waals surface area (Å²) in [5.74, 6) is 0. The maximum Gasteiger partial charge on any atom is 0.510 e. The van der Waals surface area contributed by atoms with Crippen molar-refractivity contribution in [1.29, 1.82) is 0 Å². The number of carbonyl (C=O) groups excluding carboxylic acids is 9. The third-order valence-electron chi connectivity index (χ3n) is 6.63. The van der Waals surface area contributed by atoms with Crippen molar-refractivity contribution >= 4 is 55.4 Å². The molecule has 9 atom stereocenters. The molecule has 0 aliphatic heterocycles. The van der Waals surface area contributed by atoms with Crippen molar-refractivity contribution in [2.75, 3.05) is 185 Å². The first-order chi connectivity index (χ1) is 46.5. The lowest BCUT2D eigenvalue weighted by Gasteiger charge is -2.05. The van der Waals surface area contributed by atoms with Gasteiger partial charge in [0.05, 0.1) is 54.9 Å². The zero-order chi connectivity index (χ0) is 78.2. The summed E-state index contributed by atoms with van der Waals surface area (Å²) in [5.41, 5.74) is 0. The van der Waals surface area contributed by atoms with Gasteiger partial charge < -0.3 is 174 Å². The Hall–Kier alpha value is -7.29. The highest BCUT2D eigenvalue weighted by Gasteiger charge is 2.11. The van der Waals surface area contributed by atoms with Crippen LogP contribution in [0.25, 0.3) is 0 Å². The van der Waals surface area contributed by atoms with Gasteiger partial charge in [-0.3, -0.25) is 0 Å². The lowest BCUT2D eigenvalue weighted by atomic mass is 10.5. The van der Waals surface area contributed by atoms with Crippen molar-refractivity contribution in [1.82, 2.24) is 0 Å². The van der Waals surface area contributed by atoms with Crippen LogP contribution in [0, 0.1) is 0 Å². The molecule has 0 aromatic rings. The zero-order valence-corrected chi connectivity index (χ0v) is 59.1. The van der Waals surface area contributed by atoms with Crippen molar-refractivity contribution in [3.05, 3.63) is 0 Å². The summed E-state index contributed by atoms with van der Waals surface area (Å²) in [4.78, 5) is 94.2. The van der Waals surface area contributed by atoms with E-state index in [-0.39, 0.29) is 128 Å². The average Bonchev–Trinajstić information content (AvgIpc) is 3.46. The Morgan fingerprint density at radius 2 is 0.250 bits per heavy atom. The predicted octanol–water partition coefficient (Wildman–Crippen LogP) is 1.75. The van der Waals surface area contributed by atoms with Gasteiger partial charge in [0, 0.05) is 64.0 Å². The molecule has 9 N–H and O–H groups in total. The van der Waals surface area contributed by atoms with Crippen LogP contribution in [-0.4, -0.2) is 341 Å². The van der Waals surface area contributed by atoms with Crippen molar-refractivity contribution in [3.8, 4) is 0 Å². The molecule has 45 heteroatoms. The van der Waals surface area contributed by atoms with Gasteiger partial charge in [-0.15, -0.1) is 0 Å². The van der Waals surface area contributed by atoms with Crippen molar-refractivity contribution < 1.29 is 217 Å². The number of aliphatic hydroxyl groups excluding tert-OH is 9. The summed E-state index contributed by atoms with van der Waals surface area (Å²) in [6.07, 6.45) is -13.6. The lowest BCUT2D eigenvalue weighted by Crippen LogP contribution is -2.16. The zero-order valence-electron chi connectivity index (χ0n) is 59.1. The normalized spacial score (nSPS) is 12.2. The van der Waals surface area contributed by atoms with Crippen LogP contribution >= 0.6 is 0 Å². The first-order valence-corrected chi connectivity index (χ1v) is 28.2. The average molecular weight is 1490 g/mol. The van der Waals surface area contributed by atoms with Crippen LogP contribution in [-0.2, 0) is 128 Å². The van der Waals surface area contributed by atoms with Crippen molar-refractivity contribution in [2.24, 2.45) is 0 Å². The highest BCUT2D eigenvalue weighted by Crippen LogP contribution is 1.95. The van der Waals surface area contributed by atoms with E-state index < -0.39 is 110 Å². The van der Waals surface area contributed by atoms with Crippen LogP contribution in [0.5, 0.6) is 0 Å². The molecule has 9 unspecified atom stereocenters. The fraction of sp³-hybridized carbons (Fsp3) is 0.836. The van der Waals surface area contributed by atoms with Gasteiger partial charge in [0.1, 0.15) is 59.5 Å². The van der Waals surface area contributed by atoms with Crippen molar-refractivity contribution in [3.63, 3.8) is 0 Å². The number of rotatable bonds is 36. The Balaban J connectivity index is -0.000000114.